The second-order valence-corrected chi connectivity index (χ2v) is 5.78. The minimum absolute atomic E-state index is 0.290. The number of nitrogens with zero attached hydrogens (tertiary/aromatic N) is 1. The number of halogens is 2. The molecule has 0 saturated carbocycles. The summed E-state index contributed by atoms with van der Waals surface area (Å²) in [6, 6.07) is 1.27. The highest BCUT2D eigenvalue weighted by Gasteiger charge is 2.23. The van der Waals surface area contributed by atoms with Crippen LogP contribution in [-0.2, 0) is 10.0 Å². The standard InChI is InChI=1S/C11H15F2N3O3S/c1-2-3-10(11(14)15-17)16-20(18,19)7-4-5-8(12)9(13)6-7/h4-6,10,16-17H,2-3H2,1H3,(H2,14,15). The van der Waals surface area contributed by atoms with E-state index in [1.807, 2.05) is 0 Å². The first-order chi connectivity index (χ1) is 9.31. The summed E-state index contributed by atoms with van der Waals surface area (Å²) in [5.74, 6) is -2.73. The Labute approximate surface area is 115 Å². The zero-order valence-electron chi connectivity index (χ0n) is 10.7. The number of nitrogens with one attached hydrogen (secondary N) is 1. The third-order valence-corrected chi connectivity index (χ3v) is 4.02. The minimum Gasteiger partial charge on any atom is -0.409 e. The van der Waals surface area contributed by atoms with Crippen LogP contribution in [0.25, 0.3) is 0 Å². The van der Waals surface area contributed by atoms with Gasteiger partial charge in [0.15, 0.2) is 17.5 Å². The van der Waals surface area contributed by atoms with Crippen molar-refractivity contribution in [2.45, 2.75) is 30.7 Å². The number of hydrogen-bond donors (Lipinski definition) is 3. The quantitative estimate of drug-likeness (QED) is 0.317. The van der Waals surface area contributed by atoms with E-state index in [4.69, 9.17) is 10.9 Å². The summed E-state index contributed by atoms with van der Waals surface area (Å²) in [5, 5.41) is 11.3. The monoisotopic (exact) mass is 307 g/mol. The summed E-state index contributed by atoms with van der Waals surface area (Å²) in [6.07, 6.45) is 0.861. The van der Waals surface area contributed by atoms with E-state index < -0.39 is 32.6 Å². The van der Waals surface area contributed by atoms with Gasteiger partial charge in [0, 0.05) is 0 Å². The molecule has 1 atom stereocenters. The largest absolute Gasteiger partial charge is 0.409 e. The summed E-state index contributed by atoms with van der Waals surface area (Å²) in [4.78, 5) is -0.441. The van der Waals surface area contributed by atoms with E-state index in [1.165, 1.54) is 0 Å². The highest BCUT2D eigenvalue weighted by Crippen LogP contribution is 2.14. The van der Waals surface area contributed by atoms with Gasteiger partial charge in [0.05, 0.1) is 10.9 Å². The molecular weight excluding hydrogens is 292 g/mol. The van der Waals surface area contributed by atoms with Crippen LogP contribution in [0.2, 0.25) is 0 Å². The van der Waals surface area contributed by atoms with Gasteiger partial charge in [0.1, 0.15) is 0 Å². The predicted molar refractivity (Wildman–Crippen MR) is 68.8 cm³/mol. The maximum atomic E-state index is 13.1. The summed E-state index contributed by atoms with van der Waals surface area (Å²) in [6.45, 7) is 1.78. The number of amidine groups is 1. The maximum absolute atomic E-state index is 13.1. The fourth-order valence-corrected chi connectivity index (χ4v) is 2.78. The van der Waals surface area contributed by atoms with Crippen molar-refractivity contribution in [2.75, 3.05) is 0 Å². The number of benzene rings is 1. The third-order valence-electron chi connectivity index (χ3n) is 2.55. The molecule has 0 heterocycles. The lowest BCUT2D eigenvalue weighted by Gasteiger charge is -2.16. The van der Waals surface area contributed by atoms with Crippen LogP contribution in [-0.4, -0.2) is 25.5 Å². The van der Waals surface area contributed by atoms with Crippen LogP contribution in [0.4, 0.5) is 8.78 Å². The van der Waals surface area contributed by atoms with Gasteiger partial charge in [-0.05, 0) is 24.6 Å². The van der Waals surface area contributed by atoms with Gasteiger partial charge in [-0.2, -0.15) is 0 Å². The smallest absolute Gasteiger partial charge is 0.241 e. The summed E-state index contributed by atoms with van der Waals surface area (Å²) in [7, 11) is -4.10. The Kier molecular flexibility index (Phi) is 5.40. The van der Waals surface area contributed by atoms with Crippen molar-refractivity contribution >= 4 is 15.9 Å². The van der Waals surface area contributed by atoms with Gasteiger partial charge in [-0.15, -0.1) is 0 Å². The SMILES string of the molecule is CCCC(NS(=O)(=O)c1ccc(F)c(F)c1)/C(N)=N/O. The molecule has 0 radical (unpaired) electrons. The molecule has 20 heavy (non-hydrogen) atoms. The van der Waals surface area contributed by atoms with Crippen LogP contribution < -0.4 is 10.5 Å². The van der Waals surface area contributed by atoms with Crippen LogP contribution in [0.3, 0.4) is 0 Å². The minimum atomic E-state index is -4.10. The first-order valence-electron chi connectivity index (χ1n) is 5.76. The van der Waals surface area contributed by atoms with Gasteiger partial charge in [-0.1, -0.05) is 18.5 Å². The van der Waals surface area contributed by atoms with Crippen molar-refractivity contribution in [3.05, 3.63) is 29.8 Å². The summed E-state index contributed by atoms with van der Waals surface area (Å²) in [5.41, 5.74) is 5.38. The van der Waals surface area contributed by atoms with Crippen molar-refractivity contribution in [3.8, 4) is 0 Å². The van der Waals surface area contributed by atoms with E-state index in [0.717, 1.165) is 6.07 Å². The zero-order chi connectivity index (χ0) is 15.3. The Hall–Kier alpha value is -1.74. The predicted octanol–water partition coefficient (Wildman–Crippen LogP) is 1.16. The summed E-state index contributed by atoms with van der Waals surface area (Å²) < 4.78 is 52.0. The molecule has 0 saturated heterocycles. The molecule has 112 valence electrons. The second-order valence-electron chi connectivity index (χ2n) is 4.06. The van der Waals surface area contributed by atoms with E-state index in [2.05, 4.69) is 9.88 Å². The average molecular weight is 307 g/mol. The number of rotatable bonds is 6. The lowest BCUT2D eigenvalue weighted by Crippen LogP contribution is -2.44. The van der Waals surface area contributed by atoms with Crippen molar-refractivity contribution < 1.29 is 22.4 Å². The summed E-state index contributed by atoms with van der Waals surface area (Å²) >= 11 is 0. The topological polar surface area (TPSA) is 105 Å². The van der Waals surface area contributed by atoms with Gasteiger partial charge in [-0.3, -0.25) is 0 Å². The van der Waals surface area contributed by atoms with Crippen LogP contribution in [0.15, 0.2) is 28.3 Å². The van der Waals surface area contributed by atoms with E-state index >= 15 is 0 Å². The van der Waals surface area contributed by atoms with Crippen LogP contribution >= 0.6 is 0 Å². The Morgan fingerprint density at radius 1 is 1.45 bits per heavy atom. The highest BCUT2D eigenvalue weighted by atomic mass is 32.2. The maximum Gasteiger partial charge on any atom is 0.241 e. The number of oxime groups is 1. The molecule has 1 aromatic rings. The Morgan fingerprint density at radius 2 is 2.10 bits per heavy atom. The van der Waals surface area contributed by atoms with Gasteiger partial charge in [0.25, 0.3) is 0 Å². The fraction of sp³-hybridized carbons (Fsp3) is 0.364. The molecule has 6 nitrogen and oxygen atoms in total. The first kappa shape index (κ1) is 16.3. The third kappa shape index (κ3) is 3.87. The van der Waals surface area contributed by atoms with Crippen molar-refractivity contribution in [1.29, 1.82) is 0 Å². The van der Waals surface area contributed by atoms with E-state index in [0.29, 0.717) is 25.0 Å². The lowest BCUT2D eigenvalue weighted by atomic mass is 10.2. The van der Waals surface area contributed by atoms with Gasteiger partial charge < -0.3 is 10.9 Å². The molecule has 0 aliphatic heterocycles. The van der Waals surface area contributed by atoms with Crippen molar-refractivity contribution in [3.63, 3.8) is 0 Å². The fourth-order valence-electron chi connectivity index (χ4n) is 1.52. The first-order valence-corrected chi connectivity index (χ1v) is 7.25. The Bertz CT molecular complexity index is 605. The molecule has 0 aliphatic rings. The average Bonchev–Trinajstić information content (AvgIpc) is 2.40. The van der Waals surface area contributed by atoms with Gasteiger partial charge in [0.2, 0.25) is 10.0 Å². The molecular formula is C11H15F2N3O3S. The molecule has 0 spiro atoms. The van der Waals surface area contributed by atoms with Crippen molar-refractivity contribution in [1.82, 2.24) is 4.72 Å². The molecule has 0 aliphatic carbocycles. The van der Waals surface area contributed by atoms with Crippen LogP contribution in [0.1, 0.15) is 19.8 Å². The Balaban J connectivity index is 3.06. The van der Waals surface area contributed by atoms with E-state index in [9.17, 15) is 17.2 Å². The number of nitrogens with two attached hydrogens (primary N) is 1. The molecule has 1 aromatic carbocycles. The van der Waals surface area contributed by atoms with E-state index in [-0.39, 0.29) is 5.84 Å². The lowest BCUT2D eigenvalue weighted by molar-refractivity contribution is 0.315. The highest BCUT2D eigenvalue weighted by molar-refractivity contribution is 7.89. The van der Waals surface area contributed by atoms with Crippen molar-refractivity contribution in [2.24, 2.45) is 10.9 Å². The van der Waals surface area contributed by atoms with Gasteiger partial charge >= 0.3 is 0 Å². The van der Waals surface area contributed by atoms with Crippen LogP contribution in [0, 0.1) is 11.6 Å². The molecule has 4 N–H and O–H groups in total. The Morgan fingerprint density at radius 3 is 2.60 bits per heavy atom. The normalized spacial score (nSPS) is 14.2. The molecule has 1 unspecified atom stereocenters. The molecule has 1 rings (SSSR count). The molecule has 0 amide bonds. The molecule has 0 aromatic heterocycles. The molecule has 9 heteroatoms. The number of hydrogen-bond acceptors (Lipinski definition) is 4. The zero-order valence-corrected chi connectivity index (χ0v) is 11.5. The molecule has 0 bridgehead atoms. The van der Waals surface area contributed by atoms with E-state index in [1.54, 1.807) is 6.92 Å². The van der Waals surface area contributed by atoms with Crippen LogP contribution in [0.5, 0.6) is 0 Å². The molecule has 0 fully saturated rings. The second kappa shape index (κ2) is 6.62. The number of sulfonamides is 1. The van der Waals surface area contributed by atoms with Gasteiger partial charge in [-0.25, -0.2) is 21.9 Å².